The van der Waals surface area contributed by atoms with Crippen molar-refractivity contribution < 1.29 is 14.3 Å². The van der Waals surface area contributed by atoms with Crippen LogP contribution in [0.3, 0.4) is 0 Å². The molecule has 2 aliphatic rings. The third-order valence-electron chi connectivity index (χ3n) is 4.86. The molecule has 2 aromatic rings. The summed E-state index contributed by atoms with van der Waals surface area (Å²) in [6.45, 7) is 1.97. The molecule has 136 valence electrons. The molecule has 2 aliphatic heterocycles. The fraction of sp³-hybridized carbons (Fsp3) is 0.400. The number of carbonyl (C=O) groups excluding carboxylic acids is 1. The summed E-state index contributed by atoms with van der Waals surface area (Å²) < 4.78 is 11.7. The largest absolute Gasteiger partial charge is 0.493 e. The van der Waals surface area contributed by atoms with E-state index >= 15 is 0 Å². The molecule has 0 saturated carbocycles. The van der Waals surface area contributed by atoms with Crippen molar-refractivity contribution >= 4 is 6.03 Å². The molecule has 1 saturated heterocycles. The second-order valence-corrected chi connectivity index (χ2v) is 6.69. The van der Waals surface area contributed by atoms with E-state index < -0.39 is 0 Å². The standard InChI is InChI=1S/C20H23N3O3/c24-20(22-18-7-4-12-25-19-8-2-1-6-17(18)19)23-11-9-16(14-23)26-15-5-3-10-21-13-15/h1-3,5-6,8,10,13,16,18H,4,7,9,11-12,14H2,(H,22,24)/t16-,18-/m1/s1. The van der Waals surface area contributed by atoms with Crippen LogP contribution in [-0.2, 0) is 0 Å². The highest BCUT2D eigenvalue weighted by molar-refractivity contribution is 5.75. The first-order valence-electron chi connectivity index (χ1n) is 9.13. The first-order valence-corrected chi connectivity index (χ1v) is 9.13. The molecule has 0 unspecified atom stereocenters. The normalized spacial score (nSPS) is 22.1. The topological polar surface area (TPSA) is 63.7 Å². The molecule has 0 radical (unpaired) electrons. The summed E-state index contributed by atoms with van der Waals surface area (Å²) >= 11 is 0. The Bertz CT molecular complexity index is 753. The third-order valence-corrected chi connectivity index (χ3v) is 4.86. The minimum Gasteiger partial charge on any atom is -0.493 e. The molecular formula is C20H23N3O3. The summed E-state index contributed by atoms with van der Waals surface area (Å²) in [5.74, 6) is 1.61. The van der Waals surface area contributed by atoms with Crippen LogP contribution < -0.4 is 14.8 Å². The van der Waals surface area contributed by atoms with Gasteiger partial charge < -0.3 is 19.7 Å². The number of nitrogens with one attached hydrogen (secondary N) is 1. The summed E-state index contributed by atoms with van der Waals surface area (Å²) in [7, 11) is 0. The van der Waals surface area contributed by atoms with E-state index in [9.17, 15) is 4.79 Å². The number of hydrogen-bond donors (Lipinski definition) is 1. The van der Waals surface area contributed by atoms with Crippen LogP contribution >= 0.6 is 0 Å². The highest BCUT2D eigenvalue weighted by Crippen LogP contribution is 2.31. The number of fused-ring (bicyclic) bond motifs is 1. The average molecular weight is 353 g/mol. The number of ether oxygens (including phenoxy) is 2. The van der Waals surface area contributed by atoms with Crippen LogP contribution in [0.15, 0.2) is 48.8 Å². The summed E-state index contributed by atoms with van der Waals surface area (Å²) in [6.07, 6.45) is 6.06. The highest BCUT2D eigenvalue weighted by atomic mass is 16.5. The third kappa shape index (κ3) is 3.74. The molecule has 6 heteroatoms. The Labute approximate surface area is 153 Å². The highest BCUT2D eigenvalue weighted by Gasteiger charge is 2.30. The zero-order chi connectivity index (χ0) is 17.8. The second kappa shape index (κ2) is 7.64. The van der Waals surface area contributed by atoms with Crippen molar-refractivity contribution in [2.75, 3.05) is 19.7 Å². The van der Waals surface area contributed by atoms with Crippen molar-refractivity contribution in [3.63, 3.8) is 0 Å². The Morgan fingerprint density at radius 1 is 1.23 bits per heavy atom. The van der Waals surface area contributed by atoms with Gasteiger partial charge in [0.05, 0.1) is 25.4 Å². The lowest BCUT2D eigenvalue weighted by molar-refractivity contribution is 0.183. The van der Waals surface area contributed by atoms with Crippen LogP contribution in [0.4, 0.5) is 4.79 Å². The minimum atomic E-state index is -0.0380. The van der Waals surface area contributed by atoms with Gasteiger partial charge in [-0.05, 0) is 31.0 Å². The Hall–Kier alpha value is -2.76. The van der Waals surface area contributed by atoms with E-state index in [1.54, 1.807) is 12.4 Å². The summed E-state index contributed by atoms with van der Waals surface area (Å²) in [5, 5.41) is 3.18. The predicted molar refractivity (Wildman–Crippen MR) is 97.3 cm³/mol. The maximum Gasteiger partial charge on any atom is 0.318 e. The molecule has 2 atom stereocenters. The van der Waals surface area contributed by atoms with E-state index in [1.807, 2.05) is 41.3 Å². The number of hydrogen-bond acceptors (Lipinski definition) is 4. The summed E-state index contributed by atoms with van der Waals surface area (Å²) in [5.41, 5.74) is 1.06. The van der Waals surface area contributed by atoms with Gasteiger partial charge in [-0.15, -0.1) is 0 Å². The number of likely N-dealkylation sites (tertiary alicyclic amines) is 1. The van der Waals surface area contributed by atoms with Crippen LogP contribution in [0.5, 0.6) is 11.5 Å². The van der Waals surface area contributed by atoms with Crippen molar-refractivity contribution in [3.8, 4) is 11.5 Å². The lowest BCUT2D eigenvalue weighted by Gasteiger charge is -2.23. The first kappa shape index (κ1) is 16.7. The fourth-order valence-electron chi connectivity index (χ4n) is 3.53. The average Bonchev–Trinajstić information content (AvgIpc) is 3.04. The lowest BCUT2D eigenvalue weighted by atomic mass is 10.0. The molecule has 1 fully saturated rings. The predicted octanol–water partition coefficient (Wildman–Crippen LogP) is 3.16. The van der Waals surface area contributed by atoms with Crippen molar-refractivity contribution in [2.24, 2.45) is 0 Å². The lowest BCUT2D eigenvalue weighted by Crippen LogP contribution is -2.41. The molecular weight excluding hydrogens is 330 g/mol. The van der Waals surface area contributed by atoms with Crippen LogP contribution in [0.25, 0.3) is 0 Å². The number of pyridine rings is 1. The Morgan fingerprint density at radius 3 is 3.04 bits per heavy atom. The number of amides is 2. The first-order chi connectivity index (χ1) is 12.8. The van der Waals surface area contributed by atoms with Gasteiger partial charge in [-0.25, -0.2) is 4.79 Å². The molecule has 0 bridgehead atoms. The van der Waals surface area contributed by atoms with Crippen molar-refractivity contribution in [3.05, 3.63) is 54.4 Å². The van der Waals surface area contributed by atoms with E-state index in [0.717, 1.165) is 36.3 Å². The molecule has 4 rings (SSSR count). The molecule has 1 aromatic heterocycles. The minimum absolute atomic E-state index is 0.00898. The maximum absolute atomic E-state index is 12.7. The molecule has 1 aromatic carbocycles. The van der Waals surface area contributed by atoms with Gasteiger partial charge in [-0.1, -0.05) is 18.2 Å². The van der Waals surface area contributed by atoms with Crippen LogP contribution in [-0.4, -0.2) is 41.7 Å². The van der Waals surface area contributed by atoms with Gasteiger partial charge >= 0.3 is 6.03 Å². The van der Waals surface area contributed by atoms with E-state index in [2.05, 4.69) is 10.3 Å². The van der Waals surface area contributed by atoms with Gasteiger partial charge in [0, 0.05) is 24.7 Å². The van der Waals surface area contributed by atoms with E-state index in [-0.39, 0.29) is 18.2 Å². The number of carbonyl (C=O) groups is 1. The number of aromatic nitrogens is 1. The van der Waals surface area contributed by atoms with E-state index in [0.29, 0.717) is 19.7 Å². The Kier molecular flexibility index (Phi) is 4.91. The Balaban J connectivity index is 1.37. The SMILES string of the molecule is O=C(N[C@@H]1CCCOc2ccccc21)N1CC[C@@H](Oc2cccnc2)C1. The van der Waals surface area contributed by atoms with Gasteiger partial charge in [0.15, 0.2) is 0 Å². The summed E-state index contributed by atoms with van der Waals surface area (Å²) in [4.78, 5) is 18.6. The number of urea groups is 1. The van der Waals surface area contributed by atoms with Gasteiger partial charge in [-0.3, -0.25) is 4.98 Å². The zero-order valence-corrected chi connectivity index (χ0v) is 14.6. The quantitative estimate of drug-likeness (QED) is 0.921. The van der Waals surface area contributed by atoms with E-state index in [4.69, 9.17) is 9.47 Å². The van der Waals surface area contributed by atoms with Gasteiger partial charge in [0.1, 0.15) is 17.6 Å². The van der Waals surface area contributed by atoms with Crippen LogP contribution in [0.2, 0.25) is 0 Å². The fourth-order valence-corrected chi connectivity index (χ4v) is 3.53. The number of nitrogens with zero attached hydrogens (tertiary/aromatic N) is 2. The van der Waals surface area contributed by atoms with Gasteiger partial charge in [-0.2, -0.15) is 0 Å². The zero-order valence-electron chi connectivity index (χ0n) is 14.6. The van der Waals surface area contributed by atoms with Gasteiger partial charge in [0.25, 0.3) is 0 Å². The second-order valence-electron chi connectivity index (χ2n) is 6.69. The Morgan fingerprint density at radius 2 is 2.15 bits per heavy atom. The molecule has 3 heterocycles. The molecule has 6 nitrogen and oxygen atoms in total. The number of rotatable bonds is 3. The maximum atomic E-state index is 12.7. The summed E-state index contributed by atoms with van der Waals surface area (Å²) in [6, 6.07) is 11.6. The van der Waals surface area contributed by atoms with E-state index in [1.165, 1.54) is 0 Å². The van der Waals surface area contributed by atoms with Crippen molar-refractivity contribution in [1.82, 2.24) is 15.2 Å². The van der Waals surface area contributed by atoms with Crippen molar-refractivity contribution in [1.29, 1.82) is 0 Å². The van der Waals surface area contributed by atoms with Gasteiger partial charge in [0.2, 0.25) is 0 Å². The molecule has 0 aliphatic carbocycles. The molecule has 1 N–H and O–H groups in total. The number of para-hydroxylation sites is 1. The van der Waals surface area contributed by atoms with Crippen LogP contribution in [0.1, 0.15) is 30.9 Å². The molecule has 0 spiro atoms. The molecule has 2 amide bonds. The smallest absolute Gasteiger partial charge is 0.318 e. The number of benzene rings is 1. The monoisotopic (exact) mass is 353 g/mol. The van der Waals surface area contributed by atoms with Crippen molar-refractivity contribution in [2.45, 2.75) is 31.4 Å². The van der Waals surface area contributed by atoms with Crippen LogP contribution in [0, 0.1) is 0 Å². The molecule has 26 heavy (non-hydrogen) atoms.